The van der Waals surface area contributed by atoms with E-state index in [-0.39, 0.29) is 5.56 Å². The highest BCUT2D eigenvalue weighted by Crippen LogP contribution is 2.39. The average Bonchev–Trinajstić information content (AvgIpc) is 2.26. The number of rotatable bonds is 1. The van der Waals surface area contributed by atoms with E-state index >= 15 is 0 Å². The van der Waals surface area contributed by atoms with Crippen LogP contribution in [-0.2, 0) is 5.60 Å². The van der Waals surface area contributed by atoms with Crippen LogP contribution in [0, 0.1) is 0 Å². The van der Waals surface area contributed by atoms with Crippen molar-refractivity contribution in [3.63, 3.8) is 0 Å². The lowest BCUT2D eigenvalue weighted by Crippen LogP contribution is -2.39. The van der Waals surface area contributed by atoms with Crippen LogP contribution >= 0.6 is 15.9 Å². The van der Waals surface area contributed by atoms with E-state index < -0.39 is 11.8 Å². The van der Waals surface area contributed by atoms with Crippen LogP contribution in [0.15, 0.2) is 40.9 Å². The Kier molecular flexibility index (Phi) is 3.15. The molecule has 0 saturated carbocycles. The fourth-order valence-electron chi connectivity index (χ4n) is 1.68. The maximum absolute atomic E-state index is 12.7. The van der Waals surface area contributed by atoms with Crippen LogP contribution in [0.1, 0.15) is 12.5 Å². The molecule has 1 N–H and O–H groups in total. The van der Waals surface area contributed by atoms with Gasteiger partial charge in [0.1, 0.15) is 0 Å². The zero-order valence-corrected chi connectivity index (χ0v) is 11.0. The molecule has 0 bridgehead atoms. The molecule has 2 aromatic rings. The van der Waals surface area contributed by atoms with Gasteiger partial charge >= 0.3 is 6.18 Å². The second kappa shape index (κ2) is 4.24. The number of aliphatic hydroxyl groups is 1. The third-order valence-corrected chi connectivity index (χ3v) is 3.41. The lowest BCUT2D eigenvalue weighted by molar-refractivity contribution is -0.258. The van der Waals surface area contributed by atoms with Crippen molar-refractivity contribution in [1.82, 2.24) is 0 Å². The Balaban J connectivity index is 2.58. The normalized spacial score (nSPS) is 15.7. The molecule has 0 radical (unpaired) electrons. The molecule has 18 heavy (non-hydrogen) atoms. The molecule has 0 unspecified atom stereocenters. The number of hydrogen-bond donors (Lipinski definition) is 1. The summed E-state index contributed by atoms with van der Waals surface area (Å²) in [6.45, 7) is 0.757. The molecule has 0 aliphatic carbocycles. The van der Waals surface area contributed by atoms with Crippen LogP contribution < -0.4 is 0 Å². The van der Waals surface area contributed by atoms with Gasteiger partial charge in [-0.25, -0.2) is 0 Å². The Labute approximate surface area is 110 Å². The topological polar surface area (TPSA) is 20.2 Å². The SMILES string of the molecule is C[C@](O)(c1ccc2cc(Br)ccc2c1)C(F)(F)F. The summed E-state index contributed by atoms with van der Waals surface area (Å²) in [5, 5.41) is 11.1. The second-order valence-electron chi connectivity index (χ2n) is 4.28. The molecule has 1 atom stereocenters. The number of hydrogen-bond acceptors (Lipinski definition) is 1. The molecule has 0 aromatic heterocycles. The fourth-order valence-corrected chi connectivity index (χ4v) is 2.06. The molecule has 0 aliphatic rings. The van der Waals surface area contributed by atoms with Gasteiger partial charge in [-0.2, -0.15) is 13.2 Å². The number of fused-ring (bicyclic) bond motifs is 1. The second-order valence-corrected chi connectivity index (χ2v) is 5.19. The minimum atomic E-state index is -4.70. The Bertz CT molecular complexity index is 590. The van der Waals surface area contributed by atoms with Crippen molar-refractivity contribution >= 4 is 26.7 Å². The van der Waals surface area contributed by atoms with Gasteiger partial charge in [0.25, 0.3) is 0 Å². The molecule has 0 heterocycles. The van der Waals surface area contributed by atoms with Gasteiger partial charge in [0, 0.05) is 4.47 Å². The van der Waals surface area contributed by atoms with Crippen molar-refractivity contribution in [1.29, 1.82) is 0 Å². The van der Waals surface area contributed by atoms with Crippen LogP contribution in [0.4, 0.5) is 13.2 Å². The van der Waals surface area contributed by atoms with Crippen molar-refractivity contribution in [3.8, 4) is 0 Å². The van der Waals surface area contributed by atoms with Crippen LogP contribution in [0.5, 0.6) is 0 Å². The van der Waals surface area contributed by atoms with E-state index in [1.54, 1.807) is 24.3 Å². The predicted molar refractivity (Wildman–Crippen MR) is 67.3 cm³/mol. The average molecular weight is 319 g/mol. The van der Waals surface area contributed by atoms with Crippen molar-refractivity contribution < 1.29 is 18.3 Å². The zero-order chi connectivity index (χ0) is 13.6. The lowest BCUT2D eigenvalue weighted by Gasteiger charge is -2.26. The predicted octanol–water partition coefficient (Wildman–Crippen LogP) is 4.37. The van der Waals surface area contributed by atoms with Gasteiger partial charge < -0.3 is 5.11 Å². The first-order valence-electron chi connectivity index (χ1n) is 5.21. The molecule has 0 aliphatic heterocycles. The summed E-state index contributed by atoms with van der Waals surface area (Å²) in [6.07, 6.45) is -4.70. The van der Waals surface area contributed by atoms with Crippen molar-refractivity contribution in [2.75, 3.05) is 0 Å². The van der Waals surface area contributed by atoms with Gasteiger partial charge in [-0.3, -0.25) is 0 Å². The maximum Gasteiger partial charge on any atom is 0.421 e. The van der Waals surface area contributed by atoms with Crippen LogP contribution in [0.25, 0.3) is 10.8 Å². The molecule has 1 nitrogen and oxygen atoms in total. The van der Waals surface area contributed by atoms with Gasteiger partial charge in [0.2, 0.25) is 0 Å². The summed E-state index contributed by atoms with van der Waals surface area (Å²) in [5.41, 5.74) is -3.00. The summed E-state index contributed by atoms with van der Waals surface area (Å²) in [6, 6.07) is 9.47. The number of alkyl halides is 3. The number of benzene rings is 2. The Hall–Kier alpha value is -1.07. The van der Waals surface area contributed by atoms with Gasteiger partial charge in [-0.15, -0.1) is 0 Å². The highest BCUT2D eigenvalue weighted by Gasteiger charge is 2.51. The first kappa shape index (κ1) is 13.4. The highest BCUT2D eigenvalue weighted by atomic mass is 79.9. The first-order chi connectivity index (χ1) is 8.22. The molecule has 5 heteroatoms. The van der Waals surface area contributed by atoms with Gasteiger partial charge in [-0.1, -0.05) is 34.1 Å². The molecular formula is C13H10BrF3O. The Morgan fingerprint density at radius 3 is 2.17 bits per heavy atom. The molecule has 0 fully saturated rings. The highest BCUT2D eigenvalue weighted by molar-refractivity contribution is 9.10. The fraction of sp³-hybridized carbons (Fsp3) is 0.231. The van der Waals surface area contributed by atoms with E-state index in [0.29, 0.717) is 5.39 Å². The molecule has 2 rings (SSSR count). The van der Waals surface area contributed by atoms with E-state index in [4.69, 9.17) is 0 Å². The van der Waals surface area contributed by atoms with E-state index in [2.05, 4.69) is 15.9 Å². The smallest absolute Gasteiger partial charge is 0.376 e. The van der Waals surface area contributed by atoms with Crippen LogP contribution in [0.3, 0.4) is 0 Å². The lowest BCUT2D eigenvalue weighted by atomic mass is 9.93. The van der Waals surface area contributed by atoms with Crippen molar-refractivity contribution in [2.24, 2.45) is 0 Å². The minimum Gasteiger partial charge on any atom is -0.376 e. The molecule has 0 spiro atoms. The summed E-state index contributed by atoms with van der Waals surface area (Å²) in [5.74, 6) is 0. The molecule has 0 amide bonds. The summed E-state index contributed by atoms with van der Waals surface area (Å²) in [7, 11) is 0. The summed E-state index contributed by atoms with van der Waals surface area (Å²) in [4.78, 5) is 0. The van der Waals surface area contributed by atoms with E-state index in [9.17, 15) is 18.3 Å². The van der Waals surface area contributed by atoms with Crippen LogP contribution in [-0.4, -0.2) is 11.3 Å². The minimum absolute atomic E-state index is 0.162. The molecular weight excluding hydrogens is 309 g/mol. The first-order valence-corrected chi connectivity index (χ1v) is 6.00. The van der Waals surface area contributed by atoms with Gasteiger partial charge in [0.15, 0.2) is 5.60 Å². The third kappa shape index (κ3) is 2.24. The monoisotopic (exact) mass is 318 g/mol. The standard InChI is InChI=1S/C13H10BrF3O/c1-12(18,13(15,16)17)10-4-2-9-7-11(14)5-3-8(9)6-10/h2-7,18H,1H3/t12-/m0/s1. The summed E-state index contributed by atoms with van der Waals surface area (Å²) >= 11 is 3.29. The van der Waals surface area contributed by atoms with Gasteiger partial charge in [-0.05, 0) is 41.5 Å². The molecule has 2 aromatic carbocycles. The number of halogens is 4. The largest absolute Gasteiger partial charge is 0.421 e. The molecule has 0 saturated heterocycles. The Morgan fingerprint density at radius 2 is 1.56 bits per heavy atom. The van der Waals surface area contributed by atoms with Gasteiger partial charge in [0.05, 0.1) is 0 Å². The van der Waals surface area contributed by atoms with Crippen LogP contribution in [0.2, 0.25) is 0 Å². The summed E-state index contributed by atoms with van der Waals surface area (Å²) < 4.78 is 39.0. The van der Waals surface area contributed by atoms with E-state index in [1.165, 1.54) is 12.1 Å². The van der Waals surface area contributed by atoms with E-state index in [0.717, 1.165) is 16.8 Å². The maximum atomic E-state index is 12.7. The zero-order valence-electron chi connectivity index (χ0n) is 9.42. The quantitative estimate of drug-likeness (QED) is 0.827. The Morgan fingerprint density at radius 1 is 1.00 bits per heavy atom. The van der Waals surface area contributed by atoms with Crippen molar-refractivity contribution in [3.05, 3.63) is 46.4 Å². The van der Waals surface area contributed by atoms with E-state index in [1.807, 2.05) is 0 Å². The van der Waals surface area contributed by atoms with Crippen molar-refractivity contribution in [2.45, 2.75) is 18.7 Å². The third-order valence-electron chi connectivity index (χ3n) is 2.92. The molecule has 96 valence electrons.